The number of nitrogens with zero attached hydrogens (tertiary/aromatic N) is 2. The standard InChI is InChI=1S/C20H25N3O4/c1-14-10-15(2)23(22-14)12-16-4-3-5-17(11-16)18(24)21-13-20(19(25)26)6-8-27-9-7-20/h3-5,10-11H,6-9,12-13H2,1-2H3,(H,21,24)(H,25,26). The van der Waals surface area contributed by atoms with Gasteiger partial charge in [-0.3, -0.25) is 14.3 Å². The van der Waals surface area contributed by atoms with Gasteiger partial charge in [0.1, 0.15) is 0 Å². The van der Waals surface area contributed by atoms with E-state index in [4.69, 9.17) is 4.74 Å². The van der Waals surface area contributed by atoms with Crippen molar-refractivity contribution in [3.8, 4) is 0 Å². The van der Waals surface area contributed by atoms with Crippen molar-refractivity contribution < 1.29 is 19.4 Å². The first-order valence-corrected chi connectivity index (χ1v) is 9.09. The number of ether oxygens (including phenoxy) is 1. The summed E-state index contributed by atoms with van der Waals surface area (Å²) < 4.78 is 7.16. The van der Waals surface area contributed by atoms with Gasteiger partial charge in [0.05, 0.1) is 17.7 Å². The number of amides is 1. The normalized spacial score (nSPS) is 16.1. The smallest absolute Gasteiger partial charge is 0.311 e. The molecule has 2 heterocycles. The predicted molar refractivity (Wildman–Crippen MR) is 99.7 cm³/mol. The molecule has 0 unspecified atom stereocenters. The van der Waals surface area contributed by atoms with Crippen LogP contribution in [0.25, 0.3) is 0 Å². The number of carboxylic acids is 1. The van der Waals surface area contributed by atoms with Crippen LogP contribution in [0.1, 0.15) is 40.2 Å². The Morgan fingerprint density at radius 1 is 1.26 bits per heavy atom. The van der Waals surface area contributed by atoms with Gasteiger partial charge >= 0.3 is 5.97 Å². The molecule has 1 amide bonds. The highest BCUT2D eigenvalue weighted by Gasteiger charge is 2.40. The lowest BCUT2D eigenvalue weighted by molar-refractivity contribution is -0.154. The fourth-order valence-electron chi connectivity index (χ4n) is 3.40. The zero-order valence-corrected chi connectivity index (χ0v) is 15.7. The second kappa shape index (κ2) is 7.92. The zero-order valence-electron chi connectivity index (χ0n) is 15.7. The number of hydrogen-bond donors (Lipinski definition) is 2. The SMILES string of the molecule is Cc1cc(C)n(Cc2cccc(C(=O)NCC3(C(=O)O)CCOCC3)c2)n1. The Labute approximate surface area is 158 Å². The first kappa shape index (κ1) is 19.1. The summed E-state index contributed by atoms with van der Waals surface area (Å²) in [6, 6.07) is 9.35. The van der Waals surface area contributed by atoms with Crippen LogP contribution in [0.5, 0.6) is 0 Å². The summed E-state index contributed by atoms with van der Waals surface area (Å²) in [6.07, 6.45) is 0.807. The molecule has 0 atom stereocenters. The average Bonchev–Trinajstić information content (AvgIpc) is 2.97. The van der Waals surface area contributed by atoms with Crippen LogP contribution in [-0.4, -0.2) is 46.5 Å². The van der Waals surface area contributed by atoms with Crippen LogP contribution in [0.4, 0.5) is 0 Å². The van der Waals surface area contributed by atoms with Crippen molar-refractivity contribution in [2.24, 2.45) is 5.41 Å². The van der Waals surface area contributed by atoms with Crippen LogP contribution in [0.3, 0.4) is 0 Å². The number of nitrogens with one attached hydrogen (secondary N) is 1. The van der Waals surface area contributed by atoms with E-state index in [9.17, 15) is 14.7 Å². The van der Waals surface area contributed by atoms with Gasteiger partial charge in [0.25, 0.3) is 5.91 Å². The Morgan fingerprint density at radius 3 is 2.63 bits per heavy atom. The van der Waals surface area contributed by atoms with Crippen molar-refractivity contribution in [1.29, 1.82) is 0 Å². The minimum Gasteiger partial charge on any atom is -0.481 e. The van der Waals surface area contributed by atoms with Crippen molar-refractivity contribution in [2.45, 2.75) is 33.2 Å². The fourth-order valence-corrected chi connectivity index (χ4v) is 3.40. The third kappa shape index (κ3) is 4.36. The number of carbonyl (C=O) groups is 2. The number of carboxylic acid groups (broad SMARTS) is 1. The maximum Gasteiger partial charge on any atom is 0.311 e. The van der Waals surface area contributed by atoms with Gasteiger partial charge < -0.3 is 15.2 Å². The van der Waals surface area contributed by atoms with E-state index in [2.05, 4.69) is 10.4 Å². The van der Waals surface area contributed by atoms with Gasteiger partial charge in [-0.1, -0.05) is 12.1 Å². The number of hydrogen-bond acceptors (Lipinski definition) is 4. The number of aliphatic carboxylic acids is 1. The van der Waals surface area contributed by atoms with Crippen LogP contribution < -0.4 is 5.32 Å². The van der Waals surface area contributed by atoms with Gasteiger partial charge in [0.2, 0.25) is 0 Å². The number of aromatic nitrogens is 2. The Morgan fingerprint density at radius 2 is 2.00 bits per heavy atom. The molecule has 1 aromatic heterocycles. The van der Waals surface area contributed by atoms with E-state index < -0.39 is 11.4 Å². The summed E-state index contributed by atoms with van der Waals surface area (Å²) in [5.41, 5.74) is 2.55. The minimum atomic E-state index is -0.949. The molecular formula is C20H25N3O4. The van der Waals surface area contributed by atoms with E-state index >= 15 is 0 Å². The highest BCUT2D eigenvalue weighted by atomic mass is 16.5. The van der Waals surface area contributed by atoms with E-state index in [-0.39, 0.29) is 12.5 Å². The molecule has 0 bridgehead atoms. The highest BCUT2D eigenvalue weighted by Crippen LogP contribution is 2.30. The summed E-state index contributed by atoms with van der Waals surface area (Å²) in [6.45, 7) is 5.43. The number of aryl methyl sites for hydroxylation is 2. The van der Waals surface area contributed by atoms with Gasteiger partial charge in [0, 0.05) is 31.0 Å². The summed E-state index contributed by atoms with van der Waals surface area (Å²) >= 11 is 0. The summed E-state index contributed by atoms with van der Waals surface area (Å²) in [5, 5.41) is 16.8. The van der Waals surface area contributed by atoms with Gasteiger partial charge in [0.15, 0.2) is 0 Å². The van der Waals surface area contributed by atoms with E-state index in [1.165, 1.54) is 0 Å². The van der Waals surface area contributed by atoms with Crippen LogP contribution in [0, 0.1) is 19.3 Å². The molecule has 7 heteroatoms. The number of carbonyl (C=O) groups excluding carboxylic acids is 1. The lowest BCUT2D eigenvalue weighted by Crippen LogP contribution is -2.46. The molecule has 27 heavy (non-hydrogen) atoms. The molecule has 0 spiro atoms. The van der Waals surface area contributed by atoms with Crippen molar-refractivity contribution in [3.63, 3.8) is 0 Å². The molecule has 1 aliphatic heterocycles. The lowest BCUT2D eigenvalue weighted by atomic mass is 9.80. The first-order valence-electron chi connectivity index (χ1n) is 9.09. The minimum absolute atomic E-state index is 0.103. The lowest BCUT2D eigenvalue weighted by Gasteiger charge is -2.33. The molecule has 144 valence electrons. The first-order chi connectivity index (χ1) is 12.9. The molecule has 1 fully saturated rings. The maximum absolute atomic E-state index is 12.6. The molecule has 2 aromatic rings. The molecule has 0 radical (unpaired) electrons. The van der Waals surface area contributed by atoms with Crippen LogP contribution in [-0.2, 0) is 16.1 Å². The fraction of sp³-hybridized carbons (Fsp3) is 0.450. The zero-order chi connectivity index (χ0) is 19.4. The highest BCUT2D eigenvalue weighted by molar-refractivity contribution is 5.94. The number of rotatable bonds is 6. The van der Waals surface area contributed by atoms with Gasteiger partial charge in [-0.2, -0.15) is 5.10 Å². The van der Waals surface area contributed by atoms with Crippen LogP contribution >= 0.6 is 0 Å². The van der Waals surface area contributed by atoms with Gasteiger partial charge in [-0.15, -0.1) is 0 Å². The Kier molecular flexibility index (Phi) is 5.60. The topological polar surface area (TPSA) is 93.5 Å². The Bertz CT molecular complexity index is 838. The summed E-state index contributed by atoms with van der Waals surface area (Å²) in [5.74, 6) is -1.15. The van der Waals surface area contributed by atoms with Gasteiger partial charge in [-0.25, -0.2) is 0 Å². The molecule has 1 saturated heterocycles. The van der Waals surface area contributed by atoms with Crippen LogP contribution in [0.15, 0.2) is 30.3 Å². The molecule has 1 aliphatic rings. The average molecular weight is 371 g/mol. The predicted octanol–water partition coefficient (Wildman–Crippen LogP) is 2.16. The molecular weight excluding hydrogens is 346 g/mol. The molecule has 7 nitrogen and oxygen atoms in total. The maximum atomic E-state index is 12.6. The molecule has 1 aromatic carbocycles. The van der Waals surface area contributed by atoms with Gasteiger partial charge in [-0.05, 0) is 50.5 Å². The summed E-state index contributed by atoms with van der Waals surface area (Å²) in [4.78, 5) is 24.3. The molecule has 0 aliphatic carbocycles. The van der Waals surface area contributed by atoms with Crippen molar-refractivity contribution in [1.82, 2.24) is 15.1 Å². The summed E-state index contributed by atoms with van der Waals surface area (Å²) in [7, 11) is 0. The van der Waals surface area contributed by atoms with E-state index in [0.717, 1.165) is 17.0 Å². The van der Waals surface area contributed by atoms with Crippen molar-refractivity contribution in [3.05, 3.63) is 52.8 Å². The number of benzene rings is 1. The van der Waals surface area contributed by atoms with Crippen LogP contribution in [0.2, 0.25) is 0 Å². The quantitative estimate of drug-likeness (QED) is 0.812. The van der Waals surface area contributed by atoms with Crippen molar-refractivity contribution >= 4 is 11.9 Å². The van der Waals surface area contributed by atoms with Crippen molar-refractivity contribution in [2.75, 3.05) is 19.8 Å². The second-order valence-corrected chi connectivity index (χ2v) is 7.17. The molecule has 0 saturated carbocycles. The van der Waals surface area contributed by atoms with E-state index in [1.807, 2.05) is 42.8 Å². The largest absolute Gasteiger partial charge is 0.481 e. The Balaban J connectivity index is 1.68. The third-order valence-electron chi connectivity index (χ3n) is 5.12. The molecule has 2 N–H and O–H groups in total. The Hall–Kier alpha value is -2.67. The monoisotopic (exact) mass is 371 g/mol. The molecule has 3 rings (SSSR count). The van der Waals surface area contributed by atoms with E-state index in [1.54, 1.807) is 6.07 Å². The van der Waals surface area contributed by atoms with E-state index in [0.29, 0.717) is 38.2 Å². The second-order valence-electron chi connectivity index (χ2n) is 7.17. The third-order valence-corrected chi connectivity index (χ3v) is 5.12.